The Morgan fingerprint density at radius 3 is 0.941 bits per heavy atom. The molecule has 30 heteroatoms. The highest BCUT2D eigenvalue weighted by atomic mass is 31.2. The maximum Gasteiger partial charge on any atom is 0.508 e. The molecule has 1 saturated heterocycles. The summed E-state index contributed by atoms with van der Waals surface area (Å²) in [6, 6.07) is 23.2. The lowest BCUT2D eigenvalue weighted by molar-refractivity contribution is -0.140. The Kier molecular flexibility index (Phi) is 44.2. The van der Waals surface area contributed by atoms with Crippen molar-refractivity contribution in [1.82, 2.24) is 4.90 Å². The first kappa shape index (κ1) is 109. The van der Waals surface area contributed by atoms with Gasteiger partial charge < -0.3 is 98.2 Å². The molecule has 9 aliphatic rings. The molecule has 1 heterocycles. The molecule has 29 nitrogen and oxygen atoms in total. The molecule has 0 bridgehead atoms. The van der Waals surface area contributed by atoms with Gasteiger partial charge in [0.1, 0.15) is 41.3 Å². The van der Waals surface area contributed by atoms with Crippen LogP contribution in [0.4, 0.5) is 14.4 Å². The fraction of sp³-hybridized carbons (Fsp3) is 0.705. The van der Waals surface area contributed by atoms with Crippen molar-refractivity contribution in [1.29, 1.82) is 0 Å². The molecular formula is C105H156NO28P. The van der Waals surface area contributed by atoms with Gasteiger partial charge in [0.15, 0.2) is 26.4 Å². The Balaban J connectivity index is 0.000000186. The largest absolute Gasteiger partial charge is 0.508 e. The van der Waals surface area contributed by atoms with Crippen LogP contribution in [0.25, 0.3) is 0 Å². The van der Waals surface area contributed by atoms with E-state index < -0.39 is 56.2 Å². The summed E-state index contributed by atoms with van der Waals surface area (Å²) in [6.07, 6.45) is 30.1. The number of aliphatic hydroxyl groups is 4. The Bertz CT molecular complexity index is 4410. The van der Waals surface area contributed by atoms with Crippen LogP contribution in [0, 0.1) is 71.0 Å². The first-order valence-electron chi connectivity index (χ1n) is 50.8. The van der Waals surface area contributed by atoms with Crippen LogP contribution in [0.2, 0.25) is 0 Å². The van der Waals surface area contributed by atoms with Gasteiger partial charge in [-0.05, 0) is 353 Å². The number of carboxylic acids is 4. The summed E-state index contributed by atoms with van der Waals surface area (Å²) in [7, 11) is -4.56. The standard InChI is InChI=1S/C29H43NO6.C27H40O7.C26H38O7.C23H35O8P/c1-2-3-5-10-22(36-29(34)30-14-6-4-7-15-30)12-13-23-24-16-20-9-8-11-27(35-19-28(32)33)25(20)17-21(24)18-26(23)31;1-4-5-6-9-20(34-27(31)33-17(2)3)11-12-21-22-13-18-8-7-10-25(32-16-26(29)30)23(18)14-19(22)15-24(21)28;1-3-5-6-9-19(33-26(30)31-4-2)11-12-20-21-13-17-8-7-10-24(32-16-25(28)29)22(17)14-18(21)15-23(20)27;1-2-3-4-7-17(31-32(27,28)29)9-10-18-19-11-15-6-5-8-22(30-14-23(25)26)20(15)12-16(19)13-21(18)24/h8-9,11,21-24,26,31H,2-7,10,12-19H2,1H3,(H,32,33);7-8,10,17,19-22,24,28H,4-6,9,11-16H2,1-3H3,(H,29,30);7-8,10,18-21,23,27H,3-6,9,11-16H2,1-2H3,(H,28,29);5-6,8,16-19,21,24H,2-4,7,9-14H2,1H3,(H,25,26)(H2,27,28,29)/t21-,22-,23+,24-,26+;19-,20-,21+,22-,24+;18-,19-,20+,21-,23+;16-,17-,18+,19-,21+/m0000/s1. The summed E-state index contributed by atoms with van der Waals surface area (Å²) >= 11 is 0. The zero-order valence-electron chi connectivity index (χ0n) is 80.8. The van der Waals surface area contributed by atoms with Crippen molar-refractivity contribution < 1.29 is 136 Å². The molecule has 135 heavy (non-hydrogen) atoms. The molecule has 13 rings (SSSR count). The summed E-state index contributed by atoms with van der Waals surface area (Å²) in [6.45, 7) is 14.4. The van der Waals surface area contributed by atoms with Crippen LogP contribution in [0.15, 0.2) is 72.8 Å². The van der Waals surface area contributed by atoms with Gasteiger partial charge in [-0.25, -0.2) is 38.1 Å². The predicted molar refractivity (Wildman–Crippen MR) is 507 cm³/mol. The number of unbranched alkanes of at least 4 members (excludes halogenated alkanes) is 8. The third kappa shape index (κ3) is 33.5. The molecule has 10 N–H and O–H groups in total. The van der Waals surface area contributed by atoms with Gasteiger partial charge in [0.25, 0.3) is 0 Å². The fourth-order valence-corrected chi connectivity index (χ4v) is 24.1. The molecule has 1 amide bonds. The van der Waals surface area contributed by atoms with E-state index >= 15 is 0 Å². The number of rotatable bonds is 47. The molecule has 8 aliphatic carbocycles. The molecule has 4 aromatic carbocycles. The topological polar surface area (TPSA) is 434 Å². The van der Waals surface area contributed by atoms with Crippen molar-refractivity contribution in [3.63, 3.8) is 0 Å². The highest BCUT2D eigenvalue weighted by Gasteiger charge is 2.50. The lowest BCUT2D eigenvalue weighted by atomic mass is 9.73. The van der Waals surface area contributed by atoms with Crippen molar-refractivity contribution in [3.05, 3.63) is 117 Å². The maximum atomic E-state index is 12.8. The second kappa shape index (κ2) is 54.9. The van der Waals surface area contributed by atoms with E-state index in [1.165, 1.54) is 23.1 Å². The van der Waals surface area contributed by atoms with Crippen LogP contribution in [0.5, 0.6) is 23.0 Å². The second-order valence-electron chi connectivity index (χ2n) is 39.6. The number of likely N-dealkylation sites (tertiary alicyclic amines) is 1. The lowest BCUT2D eigenvalue weighted by Gasteiger charge is -2.33. The number of carbonyl (C=O) groups is 7. The first-order chi connectivity index (χ1) is 64.8. The number of phosphoric ester groups is 1. The van der Waals surface area contributed by atoms with E-state index in [0.29, 0.717) is 90.8 Å². The molecule has 5 fully saturated rings. The number of hydrogen-bond donors (Lipinski definition) is 10. The minimum absolute atomic E-state index is 0.0470. The molecule has 1 aliphatic heterocycles. The van der Waals surface area contributed by atoms with Gasteiger partial charge in [0.05, 0.1) is 43.2 Å². The summed E-state index contributed by atoms with van der Waals surface area (Å²) in [5.41, 5.74) is 8.98. The molecule has 0 aromatic heterocycles. The van der Waals surface area contributed by atoms with Gasteiger partial charge in [-0.2, -0.15) is 0 Å². The second-order valence-corrected chi connectivity index (χ2v) is 40.8. The third-order valence-electron chi connectivity index (χ3n) is 29.9. The molecule has 4 aromatic rings. The van der Waals surface area contributed by atoms with Gasteiger partial charge in [-0.3, -0.25) is 4.52 Å². The van der Waals surface area contributed by atoms with E-state index in [1.807, 2.05) is 53.4 Å². The van der Waals surface area contributed by atoms with Crippen molar-refractivity contribution in [2.45, 2.75) is 354 Å². The van der Waals surface area contributed by atoms with Crippen LogP contribution in [-0.4, -0.2) is 199 Å². The normalized spacial score (nSPS) is 25.2. The smallest absolute Gasteiger partial charge is 0.482 e. The average molecular weight is 1910 g/mol. The molecule has 0 radical (unpaired) electrons. The number of aliphatic hydroxyl groups excluding tert-OH is 4. The van der Waals surface area contributed by atoms with Crippen LogP contribution in [-0.2, 0) is 103 Å². The van der Waals surface area contributed by atoms with E-state index in [2.05, 4.69) is 45.9 Å². The van der Waals surface area contributed by atoms with E-state index in [-0.39, 0.29) is 111 Å². The number of nitrogens with zero attached hydrogens (tertiary/aromatic N) is 1. The quantitative estimate of drug-likeness (QED) is 0.00850. The van der Waals surface area contributed by atoms with Gasteiger partial charge in [0.2, 0.25) is 0 Å². The van der Waals surface area contributed by atoms with Crippen molar-refractivity contribution in [3.8, 4) is 23.0 Å². The van der Waals surface area contributed by atoms with E-state index in [4.69, 9.17) is 67.6 Å². The van der Waals surface area contributed by atoms with Crippen LogP contribution >= 0.6 is 7.82 Å². The Labute approximate surface area is 798 Å². The number of carbonyl (C=O) groups excluding carboxylic acids is 3. The highest BCUT2D eigenvalue weighted by molar-refractivity contribution is 7.46. The van der Waals surface area contributed by atoms with Gasteiger partial charge >= 0.3 is 50.1 Å². The number of ether oxygens (including phenoxy) is 9. The van der Waals surface area contributed by atoms with Crippen LogP contribution < -0.4 is 18.9 Å². The molecule has 4 saturated carbocycles. The fourth-order valence-electron chi connectivity index (χ4n) is 23.5. The number of fused-ring (bicyclic) bond motifs is 8. The summed E-state index contributed by atoms with van der Waals surface area (Å²) in [4.78, 5) is 101. The number of benzene rings is 4. The molecule has 754 valence electrons. The number of phosphoric acid groups is 1. The Hall–Kier alpha value is -8.28. The Morgan fingerprint density at radius 2 is 0.659 bits per heavy atom. The highest BCUT2D eigenvalue weighted by Crippen LogP contribution is 2.54. The zero-order chi connectivity index (χ0) is 97.3. The minimum Gasteiger partial charge on any atom is -0.482 e. The van der Waals surface area contributed by atoms with Gasteiger partial charge in [0, 0.05) is 13.1 Å². The monoisotopic (exact) mass is 1910 g/mol. The maximum absolute atomic E-state index is 12.8. The van der Waals surface area contributed by atoms with E-state index in [9.17, 15) is 68.3 Å². The third-order valence-corrected chi connectivity index (χ3v) is 30.5. The number of aliphatic carboxylic acids is 4. The molecule has 20 atom stereocenters. The number of hydrogen-bond acceptors (Lipinski definition) is 22. The van der Waals surface area contributed by atoms with E-state index in [0.717, 1.165) is 259 Å². The van der Waals surface area contributed by atoms with E-state index in [1.54, 1.807) is 26.8 Å². The molecule has 0 spiro atoms. The van der Waals surface area contributed by atoms with Gasteiger partial charge in [-0.15, -0.1) is 0 Å². The Morgan fingerprint density at radius 1 is 0.370 bits per heavy atom. The zero-order valence-corrected chi connectivity index (χ0v) is 81.7. The number of carboxylic acid groups (broad SMARTS) is 4. The lowest BCUT2D eigenvalue weighted by Crippen LogP contribution is -2.38. The van der Waals surface area contributed by atoms with Crippen molar-refractivity contribution >= 4 is 50.1 Å². The molecule has 0 unspecified atom stereocenters. The summed E-state index contributed by atoms with van der Waals surface area (Å²) < 4.78 is 66.0. The summed E-state index contributed by atoms with van der Waals surface area (Å²) in [5.74, 6) is 1.83. The minimum atomic E-state index is -4.56. The van der Waals surface area contributed by atoms with Crippen molar-refractivity contribution in [2.75, 3.05) is 46.1 Å². The van der Waals surface area contributed by atoms with Crippen LogP contribution in [0.3, 0.4) is 0 Å². The predicted octanol–water partition coefficient (Wildman–Crippen LogP) is 18.8. The van der Waals surface area contributed by atoms with Crippen LogP contribution in [0.1, 0.15) is 292 Å². The average Bonchev–Trinajstić information content (AvgIpc) is 1.64. The number of amides is 1. The molecular weight excluding hydrogens is 1750 g/mol. The number of piperidine rings is 1. The summed E-state index contributed by atoms with van der Waals surface area (Å²) in [5, 5.41) is 79.5. The first-order valence-corrected chi connectivity index (χ1v) is 52.3. The van der Waals surface area contributed by atoms with Crippen molar-refractivity contribution in [2.24, 2.45) is 71.0 Å². The van der Waals surface area contributed by atoms with Gasteiger partial charge in [-0.1, -0.05) is 134 Å². The SMILES string of the molecule is CCCCC[C@@H](CC[C@@H]1[C@H]2Cc3cccc(OCC(=O)O)c3C[C@H]2C[C@H]1O)OC(=O)N1CCCCC1.CCCCC[C@@H](CC[C@@H]1[C@H]2Cc3cccc(OCC(=O)O)c3C[C@H]2C[C@H]1O)OC(=O)OC(C)C.CCCCC[C@@H](CC[C@@H]1[C@H]2Cc3cccc(OCC(=O)O)c3C[C@H]2C[C@H]1O)OC(=O)OCC.CCCCC[C@@H](CC[C@@H]1[C@H]2Cc3cccc(OCC(=O)O)c3C[C@H]2C[C@H]1O)OP(=O)(O)O.